The van der Waals surface area contributed by atoms with Crippen molar-refractivity contribution >= 4 is 28.3 Å². The lowest BCUT2D eigenvalue weighted by molar-refractivity contribution is 0.102. The first-order chi connectivity index (χ1) is 17.2. The van der Waals surface area contributed by atoms with Crippen LogP contribution in [0.1, 0.15) is 15.9 Å². The van der Waals surface area contributed by atoms with Crippen molar-refractivity contribution in [3.05, 3.63) is 90.0 Å². The summed E-state index contributed by atoms with van der Waals surface area (Å²) in [7, 11) is 0. The molecule has 3 aromatic carbocycles. The molecule has 7 heteroatoms. The molecular formula is C28H26N4O3. The third-order valence-electron chi connectivity index (χ3n) is 6.52. The number of pyridine rings is 1. The van der Waals surface area contributed by atoms with Gasteiger partial charge in [-0.05, 0) is 42.0 Å². The lowest BCUT2D eigenvalue weighted by Gasteiger charge is -2.35. The number of benzene rings is 3. The molecule has 1 fully saturated rings. The molecule has 1 N–H and O–H groups in total. The van der Waals surface area contributed by atoms with Crippen molar-refractivity contribution in [2.45, 2.75) is 6.54 Å². The zero-order valence-corrected chi connectivity index (χ0v) is 19.3. The fraction of sp³-hybridized carbons (Fsp3) is 0.214. The van der Waals surface area contributed by atoms with E-state index in [-0.39, 0.29) is 5.91 Å². The van der Waals surface area contributed by atoms with Gasteiger partial charge in [0, 0.05) is 43.8 Å². The summed E-state index contributed by atoms with van der Waals surface area (Å²) < 4.78 is 10.9. The zero-order valence-electron chi connectivity index (χ0n) is 19.3. The highest BCUT2D eigenvalue weighted by atomic mass is 16.7. The van der Waals surface area contributed by atoms with Crippen molar-refractivity contribution in [1.29, 1.82) is 0 Å². The molecule has 3 heterocycles. The van der Waals surface area contributed by atoms with Gasteiger partial charge in [0.05, 0.1) is 11.1 Å². The van der Waals surface area contributed by atoms with Crippen molar-refractivity contribution in [2.75, 3.05) is 43.2 Å². The average Bonchev–Trinajstić information content (AvgIpc) is 3.37. The summed E-state index contributed by atoms with van der Waals surface area (Å²) in [6.07, 6.45) is 0. The van der Waals surface area contributed by atoms with Gasteiger partial charge in [-0.2, -0.15) is 0 Å². The van der Waals surface area contributed by atoms with Crippen LogP contribution in [0.15, 0.2) is 78.9 Å². The summed E-state index contributed by atoms with van der Waals surface area (Å²) in [5.74, 6) is 2.35. The molecule has 1 amide bonds. The molecule has 1 saturated heterocycles. The molecule has 0 radical (unpaired) electrons. The van der Waals surface area contributed by atoms with Crippen LogP contribution in [0, 0.1) is 0 Å². The van der Waals surface area contributed by atoms with E-state index in [9.17, 15) is 4.79 Å². The molecule has 0 saturated carbocycles. The summed E-state index contributed by atoms with van der Waals surface area (Å²) in [5, 5.41) is 3.87. The number of anilines is 2. The maximum atomic E-state index is 13.2. The molecule has 0 atom stereocenters. The summed E-state index contributed by atoms with van der Waals surface area (Å²) >= 11 is 0. The lowest BCUT2D eigenvalue weighted by Crippen LogP contribution is -2.46. The third kappa shape index (κ3) is 4.50. The number of nitrogens with one attached hydrogen (secondary N) is 1. The van der Waals surface area contributed by atoms with Gasteiger partial charge in [0.25, 0.3) is 5.91 Å². The maximum absolute atomic E-state index is 13.2. The summed E-state index contributed by atoms with van der Waals surface area (Å²) in [6.45, 7) is 4.66. The van der Waals surface area contributed by atoms with E-state index >= 15 is 0 Å². The number of amides is 1. The number of rotatable bonds is 5. The monoisotopic (exact) mass is 466 g/mol. The van der Waals surface area contributed by atoms with E-state index < -0.39 is 0 Å². The van der Waals surface area contributed by atoms with E-state index in [0.29, 0.717) is 12.4 Å². The number of hydrogen-bond donors (Lipinski definition) is 1. The number of para-hydroxylation sites is 2. The second-order valence-corrected chi connectivity index (χ2v) is 8.82. The second kappa shape index (κ2) is 9.27. The summed E-state index contributed by atoms with van der Waals surface area (Å²) in [5.41, 5.74) is 3.45. The highest BCUT2D eigenvalue weighted by molar-refractivity contribution is 6.13. The normalized spacial score (nSPS) is 15.4. The Bertz CT molecular complexity index is 1370. The molecule has 6 rings (SSSR count). The first-order valence-electron chi connectivity index (χ1n) is 11.8. The van der Waals surface area contributed by atoms with Crippen LogP contribution in [0.4, 0.5) is 11.5 Å². The third-order valence-corrected chi connectivity index (χ3v) is 6.52. The van der Waals surface area contributed by atoms with Crippen LogP contribution in [0.25, 0.3) is 10.9 Å². The molecular weight excluding hydrogens is 440 g/mol. The first-order valence-corrected chi connectivity index (χ1v) is 11.8. The zero-order chi connectivity index (χ0) is 23.6. The van der Waals surface area contributed by atoms with E-state index in [1.54, 1.807) is 0 Å². The minimum absolute atomic E-state index is 0.127. The molecule has 35 heavy (non-hydrogen) atoms. The Balaban J connectivity index is 1.19. The molecule has 0 bridgehead atoms. The average molecular weight is 467 g/mol. The Morgan fingerprint density at radius 2 is 1.63 bits per heavy atom. The molecule has 1 aromatic heterocycles. The number of ether oxygens (including phenoxy) is 2. The molecule has 7 nitrogen and oxygen atoms in total. The predicted octanol–water partition coefficient (Wildman–Crippen LogP) is 4.54. The van der Waals surface area contributed by atoms with Gasteiger partial charge < -0.3 is 19.7 Å². The number of aromatic nitrogens is 1. The summed E-state index contributed by atoms with van der Waals surface area (Å²) in [4.78, 5) is 22.8. The Kier molecular flexibility index (Phi) is 5.68. The fourth-order valence-electron chi connectivity index (χ4n) is 4.66. The Labute approximate surface area is 203 Å². The standard InChI is InChI=1S/C28H26N4O3/c33-28(29-21-6-2-1-3-7-21)23-17-27(30-24-9-5-4-8-22(23)24)32-14-12-31(13-15-32)18-20-10-11-25-26(16-20)35-19-34-25/h1-11,16-17H,12-15,18-19H2,(H,29,33). The van der Waals surface area contributed by atoms with Gasteiger partial charge >= 0.3 is 0 Å². The molecule has 2 aliphatic rings. The van der Waals surface area contributed by atoms with Gasteiger partial charge in [0.1, 0.15) is 5.82 Å². The number of fused-ring (bicyclic) bond motifs is 2. The van der Waals surface area contributed by atoms with Crippen LogP contribution < -0.4 is 19.7 Å². The van der Waals surface area contributed by atoms with E-state index in [2.05, 4.69) is 27.2 Å². The minimum Gasteiger partial charge on any atom is -0.454 e. The largest absolute Gasteiger partial charge is 0.454 e. The number of piperazine rings is 1. The molecule has 0 spiro atoms. The quantitative estimate of drug-likeness (QED) is 0.466. The van der Waals surface area contributed by atoms with Crippen molar-refractivity contribution in [3.8, 4) is 11.5 Å². The SMILES string of the molecule is O=C(Nc1ccccc1)c1cc(N2CCN(Cc3ccc4c(c3)OCO4)CC2)nc2ccccc12. The Morgan fingerprint density at radius 1 is 0.857 bits per heavy atom. The van der Waals surface area contributed by atoms with E-state index in [1.165, 1.54) is 5.56 Å². The fourth-order valence-corrected chi connectivity index (χ4v) is 4.66. The molecule has 0 aliphatic carbocycles. The number of carbonyl (C=O) groups excluding carboxylic acids is 1. The van der Waals surface area contributed by atoms with Crippen molar-refractivity contribution in [1.82, 2.24) is 9.88 Å². The molecule has 4 aromatic rings. The van der Waals surface area contributed by atoms with Crippen molar-refractivity contribution in [2.24, 2.45) is 0 Å². The summed E-state index contributed by atoms with van der Waals surface area (Å²) in [6, 6.07) is 25.4. The molecule has 2 aliphatic heterocycles. The van der Waals surface area contributed by atoms with Crippen LogP contribution in [-0.4, -0.2) is 48.8 Å². The van der Waals surface area contributed by atoms with E-state index in [4.69, 9.17) is 14.5 Å². The second-order valence-electron chi connectivity index (χ2n) is 8.82. The van der Waals surface area contributed by atoms with Gasteiger partial charge in [-0.25, -0.2) is 4.98 Å². The lowest BCUT2D eigenvalue weighted by atomic mass is 10.1. The number of nitrogens with zero attached hydrogens (tertiary/aromatic N) is 3. The maximum Gasteiger partial charge on any atom is 0.256 e. The van der Waals surface area contributed by atoms with Gasteiger partial charge in [0.15, 0.2) is 11.5 Å². The van der Waals surface area contributed by atoms with Crippen LogP contribution >= 0.6 is 0 Å². The topological polar surface area (TPSA) is 66.9 Å². The van der Waals surface area contributed by atoms with Crippen LogP contribution in [-0.2, 0) is 6.54 Å². The molecule has 176 valence electrons. The first kappa shape index (κ1) is 21.4. The Morgan fingerprint density at radius 3 is 2.49 bits per heavy atom. The Hall–Kier alpha value is -4.10. The van der Waals surface area contributed by atoms with Gasteiger partial charge in [-0.1, -0.05) is 42.5 Å². The van der Waals surface area contributed by atoms with E-state index in [0.717, 1.165) is 66.6 Å². The van der Waals surface area contributed by atoms with Crippen LogP contribution in [0.5, 0.6) is 11.5 Å². The van der Waals surface area contributed by atoms with Gasteiger partial charge in [0.2, 0.25) is 6.79 Å². The van der Waals surface area contributed by atoms with Crippen LogP contribution in [0.2, 0.25) is 0 Å². The van der Waals surface area contributed by atoms with Crippen molar-refractivity contribution in [3.63, 3.8) is 0 Å². The predicted molar refractivity (Wildman–Crippen MR) is 136 cm³/mol. The van der Waals surface area contributed by atoms with Crippen molar-refractivity contribution < 1.29 is 14.3 Å². The van der Waals surface area contributed by atoms with Gasteiger partial charge in [-0.3, -0.25) is 9.69 Å². The number of hydrogen-bond acceptors (Lipinski definition) is 6. The van der Waals surface area contributed by atoms with E-state index in [1.807, 2.05) is 66.7 Å². The van der Waals surface area contributed by atoms with Crippen LogP contribution in [0.3, 0.4) is 0 Å². The highest BCUT2D eigenvalue weighted by Crippen LogP contribution is 2.33. The minimum atomic E-state index is -0.127. The molecule has 0 unspecified atom stereocenters. The smallest absolute Gasteiger partial charge is 0.256 e. The van der Waals surface area contributed by atoms with Gasteiger partial charge in [-0.15, -0.1) is 0 Å². The highest BCUT2D eigenvalue weighted by Gasteiger charge is 2.22. The number of carbonyl (C=O) groups is 1.